The van der Waals surface area contributed by atoms with E-state index in [0.717, 1.165) is 25.4 Å². The van der Waals surface area contributed by atoms with E-state index in [4.69, 9.17) is 0 Å². The maximum atomic E-state index is 11.7. The molecule has 3 aliphatic heterocycles. The van der Waals surface area contributed by atoms with Crippen LogP contribution in [0.3, 0.4) is 0 Å². The van der Waals surface area contributed by atoms with Gasteiger partial charge in [-0.2, -0.15) is 0 Å². The van der Waals surface area contributed by atoms with Crippen LogP contribution in [0.25, 0.3) is 0 Å². The van der Waals surface area contributed by atoms with Gasteiger partial charge in [-0.25, -0.2) is 0 Å². The highest BCUT2D eigenvalue weighted by atomic mass is 16.1. The molecule has 16 heavy (non-hydrogen) atoms. The molecule has 0 aliphatic carbocycles. The summed E-state index contributed by atoms with van der Waals surface area (Å²) >= 11 is 0. The molecule has 0 aromatic heterocycles. The van der Waals surface area contributed by atoms with Crippen LogP contribution in [-0.2, 0) is 4.79 Å². The van der Waals surface area contributed by atoms with Gasteiger partial charge in [-0.3, -0.25) is 4.79 Å². The van der Waals surface area contributed by atoms with Crippen LogP contribution in [0.1, 0.15) is 25.7 Å². The number of nitrogens with zero attached hydrogens (tertiary/aromatic N) is 1. The van der Waals surface area contributed by atoms with Gasteiger partial charge >= 0.3 is 0 Å². The minimum atomic E-state index is 0.231. The molecular formula is C12H23N3O. The molecule has 3 rings (SSSR count). The molecule has 1 unspecified atom stereocenters. The second-order valence-electron chi connectivity index (χ2n) is 5.02. The summed E-state index contributed by atoms with van der Waals surface area (Å²) in [5, 5.41) is 6.27. The number of rotatable bonds is 5. The molecular weight excluding hydrogens is 202 g/mol. The molecule has 2 bridgehead atoms. The summed E-state index contributed by atoms with van der Waals surface area (Å²) in [6, 6.07) is 0.421. The normalized spacial score (nSPS) is 32.7. The summed E-state index contributed by atoms with van der Waals surface area (Å²) < 4.78 is 0. The Morgan fingerprint density at radius 1 is 1.38 bits per heavy atom. The summed E-state index contributed by atoms with van der Waals surface area (Å²) in [6.07, 6.45) is 4.12. The van der Waals surface area contributed by atoms with Crippen molar-refractivity contribution >= 4 is 5.91 Å². The molecule has 3 heterocycles. The molecule has 3 fully saturated rings. The standard InChI is InChI=1S/C12H23N3O/c1-13-6-2-3-12(16)14-11-9-15-7-4-10(11)5-8-15/h10-11,13H,2-9H2,1H3,(H,14,16). The first-order valence-corrected chi connectivity index (χ1v) is 6.46. The van der Waals surface area contributed by atoms with Crippen molar-refractivity contribution < 1.29 is 4.79 Å². The highest BCUT2D eigenvalue weighted by Crippen LogP contribution is 2.27. The van der Waals surface area contributed by atoms with Gasteiger partial charge in [0.15, 0.2) is 0 Å². The molecule has 0 saturated carbocycles. The van der Waals surface area contributed by atoms with Crippen molar-refractivity contribution in [3.63, 3.8) is 0 Å². The van der Waals surface area contributed by atoms with Crippen LogP contribution < -0.4 is 10.6 Å². The van der Waals surface area contributed by atoms with Gasteiger partial charge in [-0.1, -0.05) is 0 Å². The van der Waals surface area contributed by atoms with Gasteiger partial charge in [-0.05, 0) is 51.9 Å². The number of hydrogen-bond acceptors (Lipinski definition) is 3. The Kier molecular flexibility index (Phi) is 4.18. The quantitative estimate of drug-likeness (QED) is 0.657. The first-order chi connectivity index (χ1) is 7.79. The molecule has 3 aliphatic rings. The van der Waals surface area contributed by atoms with Crippen LogP contribution >= 0.6 is 0 Å². The summed E-state index contributed by atoms with van der Waals surface area (Å²) in [5.41, 5.74) is 0. The fraction of sp³-hybridized carbons (Fsp3) is 0.917. The third-order valence-electron chi connectivity index (χ3n) is 3.83. The van der Waals surface area contributed by atoms with Crippen molar-refractivity contribution in [3.05, 3.63) is 0 Å². The summed E-state index contributed by atoms with van der Waals surface area (Å²) in [6.45, 7) is 4.46. The lowest BCUT2D eigenvalue weighted by Gasteiger charge is -2.44. The third kappa shape index (κ3) is 2.95. The number of fused-ring (bicyclic) bond motifs is 3. The smallest absolute Gasteiger partial charge is 0.220 e. The van der Waals surface area contributed by atoms with Gasteiger partial charge < -0.3 is 15.5 Å². The van der Waals surface area contributed by atoms with Gasteiger partial charge in [0.25, 0.3) is 0 Å². The molecule has 0 radical (unpaired) electrons. The van der Waals surface area contributed by atoms with E-state index in [1.807, 2.05) is 7.05 Å². The monoisotopic (exact) mass is 225 g/mol. The average Bonchev–Trinajstić information content (AvgIpc) is 2.31. The van der Waals surface area contributed by atoms with Gasteiger partial charge in [0.1, 0.15) is 0 Å². The lowest BCUT2D eigenvalue weighted by atomic mass is 9.84. The largest absolute Gasteiger partial charge is 0.352 e. The number of hydrogen-bond donors (Lipinski definition) is 2. The maximum absolute atomic E-state index is 11.7. The van der Waals surface area contributed by atoms with Gasteiger partial charge in [0, 0.05) is 19.0 Å². The third-order valence-corrected chi connectivity index (χ3v) is 3.83. The lowest BCUT2D eigenvalue weighted by Crippen LogP contribution is -2.57. The molecule has 0 aromatic carbocycles. The fourth-order valence-electron chi connectivity index (χ4n) is 2.83. The van der Waals surface area contributed by atoms with Crippen LogP contribution in [0, 0.1) is 5.92 Å². The number of piperidine rings is 3. The highest BCUT2D eigenvalue weighted by molar-refractivity contribution is 5.76. The lowest BCUT2D eigenvalue weighted by molar-refractivity contribution is -0.123. The Balaban J connectivity index is 1.70. The van der Waals surface area contributed by atoms with Crippen LogP contribution in [0.4, 0.5) is 0 Å². The molecule has 4 nitrogen and oxygen atoms in total. The van der Waals surface area contributed by atoms with Gasteiger partial charge in [0.2, 0.25) is 5.91 Å². The SMILES string of the molecule is CNCCCC(=O)NC1CN2CCC1CC2. The molecule has 3 saturated heterocycles. The summed E-state index contributed by atoms with van der Waals surface area (Å²) in [4.78, 5) is 14.2. The van der Waals surface area contributed by atoms with Crippen LogP contribution in [0.5, 0.6) is 0 Å². The average molecular weight is 225 g/mol. The van der Waals surface area contributed by atoms with E-state index >= 15 is 0 Å². The van der Waals surface area contributed by atoms with Crippen LogP contribution in [-0.4, -0.2) is 50.1 Å². The van der Waals surface area contributed by atoms with E-state index in [-0.39, 0.29) is 5.91 Å². The summed E-state index contributed by atoms with van der Waals surface area (Å²) in [7, 11) is 1.92. The minimum Gasteiger partial charge on any atom is -0.352 e. The van der Waals surface area contributed by atoms with Crippen LogP contribution in [0.15, 0.2) is 0 Å². The molecule has 92 valence electrons. The van der Waals surface area contributed by atoms with Crippen molar-refractivity contribution in [3.8, 4) is 0 Å². The minimum absolute atomic E-state index is 0.231. The topological polar surface area (TPSA) is 44.4 Å². The van der Waals surface area contributed by atoms with E-state index in [1.165, 1.54) is 25.9 Å². The Bertz CT molecular complexity index is 236. The zero-order valence-electron chi connectivity index (χ0n) is 10.2. The number of carbonyl (C=O) groups excluding carboxylic acids is 1. The van der Waals surface area contributed by atoms with Crippen molar-refractivity contribution in [1.82, 2.24) is 15.5 Å². The number of amides is 1. The zero-order chi connectivity index (χ0) is 11.4. The predicted octanol–water partition coefficient (Wildman–Crippen LogP) is 0.196. The second kappa shape index (κ2) is 5.64. The van der Waals surface area contributed by atoms with Gasteiger partial charge in [0.05, 0.1) is 0 Å². The van der Waals surface area contributed by atoms with Crippen molar-refractivity contribution in [2.24, 2.45) is 5.92 Å². The van der Waals surface area contributed by atoms with E-state index in [1.54, 1.807) is 0 Å². The molecule has 0 spiro atoms. The van der Waals surface area contributed by atoms with Crippen molar-refractivity contribution in [2.45, 2.75) is 31.7 Å². The molecule has 4 heteroatoms. The second-order valence-corrected chi connectivity index (χ2v) is 5.02. The van der Waals surface area contributed by atoms with E-state index in [2.05, 4.69) is 15.5 Å². The van der Waals surface area contributed by atoms with Crippen molar-refractivity contribution in [2.75, 3.05) is 33.2 Å². The Hall–Kier alpha value is -0.610. The first-order valence-electron chi connectivity index (χ1n) is 6.46. The van der Waals surface area contributed by atoms with E-state index in [0.29, 0.717) is 12.5 Å². The van der Waals surface area contributed by atoms with Crippen LogP contribution in [0.2, 0.25) is 0 Å². The molecule has 0 aromatic rings. The molecule has 2 N–H and O–H groups in total. The molecule has 1 amide bonds. The number of nitrogens with one attached hydrogen (secondary N) is 2. The maximum Gasteiger partial charge on any atom is 0.220 e. The van der Waals surface area contributed by atoms with E-state index in [9.17, 15) is 4.79 Å². The number of carbonyl (C=O) groups is 1. The Morgan fingerprint density at radius 2 is 2.12 bits per heavy atom. The predicted molar refractivity (Wildman–Crippen MR) is 64.3 cm³/mol. The highest BCUT2D eigenvalue weighted by Gasteiger charge is 2.34. The Labute approximate surface area is 97.8 Å². The first kappa shape index (κ1) is 11.9. The van der Waals surface area contributed by atoms with E-state index < -0.39 is 0 Å². The fourth-order valence-corrected chi connectivity index (χ4v) is 2.83. The summed E-state index contributed by atoms with van der Waals surface area (Å²) in [5.74, 6) is 0.965. The van der Waals surface area contributed by atoms with Gasteiger partial charge in [-0.15, -0.1) is 0 Å². The van der Waals surface area contributed by atoms with Crippen molar-refractivity contribution in [1.29, 1.82) is 0 Å². The molecule has 1 atom stereocenters. The zero-order valence-corrected chi connectivity index (χ0v) is 10.2. The Morgan fingerprint density at radius 3 is 2.69 bits per heavy atom.